The lowest BCUT2D eigenvalue weighted by Crippen LogP contribution is -2.40. The fourth-order valence-corrected chi connectivity index (χ4v) is 2.81. The van der Waals surface area contributed by atoms with Gasteiger partial charge in [0.15, 0.2) is 0 Å². The molecular weight excluding hydrogens is 316 g/mol. The van der Waals surface area contributed by atoms with Gasteiger partial charge in [0.05, 0.1) is 25.2 Å². The Morgan fingerprint density at radius 1 is 1.50 bits per heavy atom. The maximum atomic E-state index is 12.2. The molecule has 0 aliphatic carbocycles. The van der Waals surface area contributed by atoms with Crippen molar-refractivity contribution < 1.29 is 19.0 Å². The fraction of sp³-hybridized carbons (Fsp3) is 0.688. The molecule has 0 bridgehead atoms. The van der Waals surface area contributed by atoms with Gasteiger partial charge in [-0.1, -0.05) is 13.3 Å². The number of nitrogens with zero attached hydrogens (tertiary/aromatic N) is 1. The highest BCUT2D eigenvalue weighted by Crippen LogP contribution is 2.43. The first-order valence-electron chi connectivity index (χ1n) is 8.05. The predicted molar refractivity (Wildman–Crippen MR) is 85.7 cm³/mol. The zero-order valence-electron chi connectivity index (χ0n) is 14.2. The highest BCUT2D eigenvalue weighted by molar-refractivity contribution is 5.77. The van der Waals surface area contributed by atoms with E-state index in [2.05, 4.69) is 11.9 Å². The number of esters is 1. The van der Waals surface area contributed by atoms with Crippen molar-refractivity contribution in [1.29, 1.82) is 0 Å². The molecule has 1 fully saturated rings. The molecule has 1 aliphatic heterocycles. The van der Waals surface area contributed by atoms with Crippen LogP contribution in [0.5, 0.6) is 0 Å². The average molecular weight is 340 g/mol. The number of ether oxygens (including phenoxy) is 3. The van der Waals surface area contributed by atoms with E-state index in [4.69, 9.17) is 14.2 Å². The van der Waals surface area contributed by atoms with Gasteiger partial charge in [0.2, 0.25) is 0 Å². The van der Waals surface area contributed by atoms with Crippen molar-refractivity contribution in [1.82, 2.24) is 9.55 Å². The third-order valence-corrected chi connectivity index (χ3v) is 4.36. The number of hydrogen-bond donors (Lipinski definition) is 1. The first kappa shape index (κ1) is 18.4. The van der Waals surface area contributed by atoms with E-state index in [0.717, 1.165) is 12.8 Å². The van der Waals surface area contributed by atoms with Crippen molar-refractivity contribution >= 4 is 5.97 Å². The molecule has 1 N–H and O–H groups in total. The summed E-state index contributed by atoms with van der Waals surface area (Å²) in [4.78, 5) is 37.6. The molecule has 1 aliphatic rings. The first-order chi connectivity index (χ1) is 11.4. The summed E-state index contributed by atoms with van der Waals surface area (Å²) in [6.07, 6.45) is 2.35. The normalized spacial score (nSPS) is 26.5. The van der Waals surface area contributed by atoms with Gasteiger partial charge in [-0.05, 0) is 13.3 Å². The lowest BCUT2D eigenvalue weighted by atomic mass is 9.83. The Labute approximate surface area is 139 Å². The lowest BCUT2D eigenvalue weighted by Gasteiger charge is -2.26. The van der Waals surface area contributed by atoms with Crippen molar-refractivity contribution in [3.8, 4) is 0 Å². The third kappa shape index (κ3) is 3.76. The van der Waals surface area contributed by atoms with Crippen LogP contribution < -0.4 is 11.2 Å². The Morgan fingerprint density at radius 3 is 2.88 bits per heavy atom. The Kier molecular flexibility index (Phi) is 5.95. The van der Waals surface area contributed by atoms with E-state index in [-0.39, 0.29) is 13.0 Å². The molecule has 8 nitrogen and oxygen atoms in total. The van der Waals surface area contributed by atoms with Crippen LogP contribution in [0.1, 0.15) is 39.3 Å². The maximum Gasteiger partial charge on any atom is 0.330 e. The van der Waals surface area contributed by atoms with E-state index in [1.54, 1.807) is 6.92 Å². The van der Waals surface area contributed by atoms with Crippen LogP contribution in [0.2, 0.25) is 0 Å². The summed E-state index contributed by atoms with van der Waals surface area (Å²) in [5.74, 6) is -0.411. The Morgan fingerprint density at radius 2 is 2.25 bits per heavy atom. The van der Waals surface area contributed by atoms with E-state index in [0.29, 0.717) is 6.61 Å². The molecule has 0 aromatic carbocycles. The molecule has 8 heteroatoms. The smallest absolute Gasteiger partial charge is 0.330 e. The molecule has 134 valence electrons. The second-order valence-electron chi connectivity index (χ2n) is 6.14. The summed E-state index contributed by atoms with van der Waals surface area (Å²) in [6.45, 7) is 4.62. The van der Waals surface area contributed by atoms with Crippen LogP contribution in [-0.4, -0.2) is 41.9 Å². The van der Waals surface area contributed by atoms with Gasteiger partial charge in [-0.2, -0.15) is 0 Å². The molecule has 0 spiro atoms. The summed E-state index contributed by atoms with van der Waals surface area (Å²) in [7, 11) is 1.32. The summed E-state index contributed by atoms with van der Waals surface area (Å²) in [6, 6.07) is 1.24. The first-order valence-corrected chi connectivity index (χ1v) is 8.05. The predicted octanol–water partition coefficient (Wildman–Crippen LogP) is 0.820. The van der Waals surface area contributed by atoms with Gasteiger partial charge in [-0.3, -0.25) is 19.1 Å². The summed E-state index contributed by atoms with van der Waals surface area (Å²) < 4.78 is 17.7. The van der Waals surface area contributed by atoms with Crippen LogP contribution >= 0.6 is 0 Å². The molecule has 2 heterocycles. The number of aromatic amines is 1. The van der Waals surface area contributed by atoms with E-state index in [1.165, 1.54) is 23.9 Å². The minimum absolute atomic E-state index is 0.236. The molecule has 0 saturated carbocycles. The van der Waals surface area contributed by atoms with Gasteiger partial charge in [0.25, 0.3) is 5.56 Å². The molecule has 0 amide bonds. The van der Waals surface area contributed by atoms with E-state index >= 15 is 0 Å². The number of aromatic nitrogens is 2. The van der Waals surface area contributed by atoms with Crippen molar-refractivity contribution in [2.75, 3.05) is 20.3 Å². The van der Waals surface area contributed by atoms with Crippen LogP contribution in [0.15, 0.2) is 21.9 Å². The van der Waals surface area contributed by atoms with Gasteiger partial charge in [-0.15, -0.1) is 0 Å². The summed E-state index contributed by atoms with van der Waals surface area (Å²) in [5, 5.41) is 0. The van der Waals surface area contributed by atoms with Crippen molar-refractivity contribution in [3.05, 3.63) is 33.1 Å². The van der Waals surface area contributed by atoms with Crippen LogP contribution in [0.4, 0.5) is 0 Å². The van der Waals surface area contributed by atoms with Gasteiger partial charge in [0.1, 0.15) is 6.23 Å². The minimum Gasteiger partial charge on any atom is -0.469 e. The monoisotopic (exact) mass is 340 g/mol. The minimum atomic E-state index is -0.929. The summed E-state index contributed by atoms with van der Waals surface area (Å²) in [5.41, 5.74) is -1.99. The number of H-pyrrole nitrogens is 1. The van der Waals surface area contributed by atoms with Gasteiger partial charge in [-0.25, -0.2) is 4.79 Å². The van der Waals surface area contributed by atoms with Gasteiger partial charge in [0, 0.05) is 25.3 Å². The molecule has 1 aromatic heterocycles. The fourth-order valence-electron chi connectivity index (χ4n) is 2.81. The van der Waals surface area contributed by atoms with Crippen LogP contribution in [0.25, 0.3) is 0 Å². The number of methoxy groups -OCH3 is 1. The average Bonchev–Trinajstić information content (AvgIpc) is 2.88. The van der Waals surface area contributed by atoms with Gasteiger partial charge >= 0.3 is 11.7 Å². The molecule has 0 radical (unpaired) electrons. The Balaban J connectivity index is 2.20. The second-order valence-corrected chi connectivity index (χ2v) is 6.14. The van der Waals surface area contributed by atoms with E-state index in [9.17, 15) is 14.4 Å². The van der Waals surface area contributed by atoms with E-state index in [1.807, 2.05) is 0 Å². The Bertz CT molecular complexity index is 682. The molecule has 0 unspecified atom stereocenters. The van der Waals surface area contributed by atoms with E-state index < -0.39 is 35.0 Å². The molecule has 2 rings (SSSR count). The quantitative estimate of drug-likeness (QED) is 0.583. The zero-order chi connectivity index (χ0) is 17.7. The topological polar surface area (TPSA) is 99.6 Å². The van der Waals surface area contributed by atoms with Crippen LogP contribution in [-0.2, 0) is 19.0 Å². The molecule has 24 heavy (non-hydrogen) atoms. The number of unbranched alkanes of at least 4 members (excludes halogenated alkanes) is 1. The lowest BCUT2D eigenvalue weighted by molar-refractivity contribution is -0.157. The van der Waals surface area contributed by atoms with Crippen molar-refractivity contribution in [2.24, 2.45) is 5.41 Å². The largest absolute Gasteiger partial charge is 0.469 e. The highest BCUT2D eigenvalue weighted by Gasteiger charge is 2.52. The third-order valence-electron chi connectivity index (χ3n) is 4.36. The Hall–Kier alpha value is -1.93. The molecule has 1 aromatic rings. The van der Waals surface area contributed by atoms with Crippen molar-refractivity contribution in [2.45, 2.75) is 45.4 Å². The number of carbonyl (C=O) groups excluding carboxylic acids is 1. The second kappa shape index (κ2) is 7.76. The number of carbonyl (C=O) groups is 1. The standard InChI is InChI=1S/C16H24N2O6/c1-4-5-8-23-10-11-16(2,14(20)22-3)9-13(24-11)18-7-6-12(19)17-15(18)21/h6-7,11,13H,4-5,8-10H2,1-3H3,(H,17,19,21)/t11-,13+,16-/m1/s1. The summed E-state index contributed by atoms with van der Waals surface area (Å²) >= 11 is 0. The molecule has 3 atom stereocenters. The number of nitrogens with one attached hydrogen (secondary N) is 1. The zero-order valence-corrected chi connectivity index (χ0v) is 14.2. The maximum absolute atomic E-state index is 12.2. The van der Waals surface area contributed by atoms with Crippen molar-refractivity contribution in [3.63, 3.8) is 0 Å². The van der Waals surface area contributed by atoms with Crippen LogP contribution in [0, 0.1) is 5.41 Å². The highest BCUT2D eigenvalue weighted by atomic mass is 16.6. The molecular formula is C16H24N2O6. The number of rotatable bonds is 7. The molecule has 1 saturated heterocycles. The van der Waals surface area contributed by atoms with Crippen LogP contribution in [0.3, 0.4) is 0 Å². The number of hydrogen-bond acceptors (Lipinski definition) is 6. The van der Waals surface area contributed by atoms with Gasteiger partial charge < -0.3 is 14.2 Å². The SMILES string of the molecule is CCCCOC[C@H]1O[C@H](n2ccc(=O)[nH]c2=O)C[C@@]1(C)C(=O)OC.